The Kier molecular flexibility index (Phi) is 8.68. The second-order valence-corrected chi connectivity index (χ2v) is 8.96. The lowest BCUT2D eigenvalue weighted by Gasteiger charge is -2.16. The van der Waals surface area contributed by atoms with Gasteiger partial charge in [-0.3, -0.25) is 0 Å². The molecule has 4 aromatic rings. The third-order valence-electron chi connectivity index (χ3n) is 5.66. The number of hydrogen-bond acceptors (Lipinski definition) is 10. The molecule has 0 fully saturated rings. The Balaban J connectivity index is 1.96. The fourth-order valence-electron chi connectivity index (χ4n) is 3.79. The Bertz CT molecular complexity index is 1690. The van der Waals surface area contributed by atoms with E-state index in [4.69, 9.17) is 42.4 Å². The highest BCUT2D eigenvalue weighted by Crippen LogP contribution is 2.40. The fraction of sp³-hybridized carbons (Fsp3) is 0.115. The summed E-state index contributed by atoms with van der Waals surface area (Å²) in [5, 5.41) is 17.1. The molecule has 0 radical (unpaired) electrons. The van der Waals surface area contributed by atoms with Crippen LogP contribution < -0.4 is 5.32 Å². The zero-order valence-corrected chi connectivity index (χ0v) is 22.7. The molecule has 2 N–H and O–H groups in total. The average molecular weight is 627 g/mol. The molecule has 42 heavy (non-hydrogen) atoms. The van der Waals surface area contributed by atoms with Gasteiger partial charge in [0.15, 0.2) is 11.3 Å². The summed E-state index contributed by atoms with van der Waals surface area (Å²) in [4.78, 5) is 25.4. The summed E-state index contributed by atoms with van der Waals surface area (Å²) in [6.45, 7) is 0. The first-order valence-electron chi connectivity index (χ1n) is 11.4. The minimum absolute atomic E-state index is 0.189. The summed E-state index contributed by atoms with van der Waals surface area (Å²) in [6.07, 6.45) is -5.10. The predicted octanol–water partition coefficient (Wildman–Crippen LogP) is 7.05. The number of benzene rings is 2. The Morgan fingerprint density at radius 3 is 2.14 bits per heavy atom. The lowest BCUT2D eigenvalue weighted by molar-refractivity contribution is -0.0898. The highest BCUT2D eigenvalue weighted by molar-refractivity contribution is 6.33. The first-order chi connectivity index (χ1) is 19.9. The van der Waals surface area contributed by atoms with Crippen LogP contribution in [0.3, 0.4) is 0 Å². The van der Waals surface area contributed by atoms with Gasteiger partial charge < -0.3 is 29.2 Å². The van der Waals surface area contributed by atoms with Gasteiger partial charge in [-0.1, -0.05) is 51.7 Å². The number of allylic oxidation sites excluding steroid dienone is 2. The summed E-state index contributed by atoms with van der Waals surface area (Å²) in [7, 11) is 1.90. The molecular formula is C26H16Cl2F4N4O6. The van der Waals surface area contributed by atoms with Gasteiger partial charge in [0.1, 0.15) is 28.5 Å². The Morgan fingerprint density at radius 2 is 1.57 bits per heavy atom. The molecule has 16 heteroatoms. The molecule has 2 aromatic carbocycles. The Morgan fingerprint density at radius 1 is 0.952 bits per heavy atom. The molecule has 0 saturated heterocycles. The largest absolute Gasteiger partial charge is 0.465 e. The number of nitrogens with zero attached hydrogens (tertiary/aromatic N) is 2. The number of aromatic nitrogens is 2. The molecular weight excluding hydrogens is 611 g/mol. The zero-order valence-electron chi connectivity index (χ0n) is 21.2. The van der Waals surface area contributed by atoms with Gasteiger partial charge in [-0.05, 0) is 24.3 Å². The number of halogens is 6. The summed E-state index contributed by atoms with van der Waals surface area (Å²) in [5.74, 6) is -5.12. The number of nitrogens with one attached hydrogen (secondary N) is 2. The quantitative estimate of drug-likeness (QED) is 0.119. The van der Waals surface area contributed by atoms with Crippen molar-refractivity contribution < 1.29 is 45.7 Å². The van der Waals surface area contributed by atoms with E-state index in [1.165, 1.54) is 36.4 Å². The smallest absolute Gasteiger partial charge is 0.432 e. The van der Waals surface area contributed by atoms with E-state index in [1.807, 2.05) is 5.32 Å². The van der Waals surface area contributed by atoms with E-state index in [-0.39, 0.29) is 22.5 Å². The van der Waals surface area contributed by atoms with E-state index in [2.05, 4.69) is 15.1 Å². The maximum absolute atomic E-state index is 14.7. The van der Waals surface area contributed by atoms with Gasteiger partial charge in [-0.25, -0.2) is 14.0 Å². The van der Waals surface area contributed by atoms with E-state index in [9.17, 15) is 27.2 Å². The van der Waals surface area contributed by atoms with Crippen LogP contribution in [0.15, 0.2) is 57.2 Å². The van der Waals surface area contributed by atoms with Crippen LogP contribution in [-0.2, 0) is 9.47 Å². The van der Waals surface area contributed by atoms with Gasteiger partial charge in [0.2, 0.25) is 5.88 Å². The van der Waals surface area contributed by atoms with Gasteiger partial charge in [0.25, 0.3) is 0 Å². The molecule has 0 unspecified atom stereocenters. The summed E-state index contributed by atoms with van der Waals surface area (Å²) in [5.41, 5.74) is -5.13. The summed E-state index contributed by atoms with van der Waals surface area (Å²) < 4.78 is 77.7. The number of carbonyl (C=O) groups excluding carboxylic acids is 2. The van der Waals surface area contributed by atoms with E-state index < -0.39 is 69.2 Å². The van der Waals surface area contributed by atoms with Crippen molar-refractivity contribution in [1.29, 1.82) is 5.41 Å². The lowest BCUT2D eigenvalue weighted by atomic mass is 10.0. The first kappa shape index (κ1) is 30.3. The van der Waals surface area contributed by atoms with Crippen molar-refractivity contribution in [1.82, 2.24) is 10.3 Å². The SMILES string of the molecule is COC(=O)c1c(-c2ccc(Cl)cc2)noc1N/C(=C(\C=N)c1onc(-c2c(F)cccc2Cl)c1C(=O)OC)C(F)(F)F. The van der Waals surface area contributed by atoms with Crippen molar-refractivity contribution >= 4 is 52.8 Å². The van der Waals surface area contributed by atoms with Crippen LogP contribution in [0.2, 0.25) is 10.0 Å². The van der Waals surface area contributed by atoms with Crippen LogP contribution in [0.1, 0.15) is 26.5 Å². The minimum Gasteiger partial charge on any atom is -0.465 e. The van der Waals surface area contributed by atoms with Crippen molar-refractivity contribution in [3.05, 3.63) is 80.9 Å². The maximum atomic E-state index is 14.7. The number of alkyl halides is 3. The van der Waals surface area contributed by atoms with E-state index in [0.29, 0.717) is 5.02 Å². The lowest BCUT2D eigenvalue weighted by Crippen LogP contribution is -2.23. The number of anilines is 1. The molecule has 10 nitrogen and oxygen atoms in total. The predicted molar refractivity (Wildman–Crippen MR) is 142 cm³/mol. The number of methoxy groups -OCH3 is 2. The maximum Gasteiger partial charge on any atom is 0.432 e. The highest BCUT2D eigenvalue weighted by atomic mass is 35.5. The van der Waals surface area contributed by atoms with Gasteiger partial charge >= 0.3 is 18.1 Å². The molecule has 0 aliphatic heterocycles. The number of esters is 2. The van der Waals surface area contributed by atoms with Crippen LogP contribution in [0.25, 0.3) is 28.1 Å². The molecule has 0 amide bonds. The second kappa shape index (κ2) is 12.0. The topological polar surface area (TPSA) is 141 Å². The second-order valence-electron chi connectivity index (χ2n) is 8.11. The Hall–Kier alpha value is -4.69. The number of ether oxygens (including phenoxy) is 2. The third kappa shape index (κ3) is 5.71. The van der Waals surface area contributed by atoms with Crippen LogP contribution >= 0.6 is 23.2 Å². The van der Waals surface area contributed by atoms with Crippen LogP contribution in [0.4, 0.5) is 23.4 Å². The van der Waals surface area contributed by atoms with Gasteiger partial charge in [-0.15, -0.1) is 0 Å². The highest BCUT2D eigenvalue weighted by Gasteiger charge is 2.42. The molecule has 0 atom stereocenters. The summed E-state index contributed by atoms with van der Waals surface area (Å²) >= 11 is 12.0. The molecule has 0 aliphatic carbocycles. The first-order valence-corrected chi connectivity index (χ1v) is 12.1. The van der Waals surface area contributed by atoms with Crippen molar-refractivity contribution in [2.45, 2.75) is 6.18 Å². The van der Waals surface area contributed by atoms with Crippen LogP contribution in [0, 0.1) is 11.2 Å². The summed E-state index contributed by atoms with van der Waals surface area (Å²) in [6, 6.07) is 9.25. The van der Waals surface area contributed by atoms with Crippen molar-refractivity contribution in [2.24, 2.45) is 0 Å². The molecule has 218 valence electrons. The number of hydrogen-bond donors (Lipinski definition) is 2. The monoisotopic (exact) mass is 626 g/mol. The van der Waals surface area contributed by atoms with Gasteiger partial charge in [0, 0.05) is 16.8 Å². The van der Waals surface area contributed by atoms with Crippen molar-refractivity contribution in [3.63, 3.8) is 0 Å². The molecule has 4 rings (SSSR count). The average Bonchev–Trinajstić information content (AvgIpc) is 3.57. The molecule has 2 aromatic heterocycles. The van der Waals surface area contributed by atoms with Crippen LogP contribution in [0.5, 0.6) is 0 Å². The molecule has 0 aliphatic rings. The van der Waals surface area contributed by atoms with Crippen LogP contribution in [-0.4, -0.2) is 48.9 Å². The van der Waals surface area contributed by atoms with Crippen molar-refractivity contribution in [3.8, 4) is 22.5 Å². The zero-order chi connectivity index (χ0) is 30.8. The molecule has 0 saturated carbocycles. The fourth-order valence-corrected chi connectivity index (χ4v) is 4.17. The van der Waals surface area contributed by atoms with Gasteiger partial charge in [0.05, 0.1) is 30.4 Å². The van der Waals surface area contributed by atoms with Crippen molar-refractivity contribution in [2.75, 3.05) is 19.5 Å². The number of carbonyl (C=O) groups is 2. The Labute approximate surface area is 243 Å². The van der Waals surface area contributed by atoms with E-state index in [1.54, 1.807) is 0 Å². The van der Waals surface area contributed by atoms with Gasteiger partial charge in [-0.2, -0.15) is 13.2 Å². The normalized spacial score (nSPS) is 12.0. The standard InChI is InChI=1S/C26H16Cl2F4N4O6/c1-39-24(37)17-20(16-14(28)4-3-5-15(16)29)36-41-21(17)13(10-33)22(26(30,31)32)34-23-18(25(38)40-2)19(35-42-23)11-6-8-12(27)9-7-11/h3-10,33-34H,1-2H3/b22-13+,33-10?. The molecule has 0 bridgehead atoms. The third-order valence-corrected chi connectivity index (χ3v) is 6.23. The molecule has 0 spiro atoms. The molecule has 2 heterocycles. The van der Waals surface area contributed by atoms with E-state index in [0.717, 1.165) is 20.3 Å². The number of rotatable bonds is 8. The van der Waals surface area contributed by atoms with E-state index >= 15 is 0 Å². The minimum atomic E-state index is -5.30.